The van der Waals surface area contributed by atoms with Gasteiger partial charge in [0, 0.05) is 38.4 Å². The molecule has 0 bridgehead atoms. The van der Waals surface area contributed by atoms with Gasteiger partial charge in [-0.2, -0.15) is 0 Å². The van der Waals surface area contributed by atoms with Crippen LogP contribution < -0.4 is 4.90 Å². The molecule has 0 spiro atoms. The van der Waals surface area contributed by atoms with Crippen LogP contribution >= 0.6 is 0 Å². The molecule has 1 amide bonds. The van der Waals surface area contributed by atoms with Crippen molar-refractivity contribution in [2.24, 2.45) is 5.92 Å². The van der Waals surface area contributed by atoms with E-state index in [0.29, 0.717) is 23.9 Å². The first-order valence-electron chi connectivity index (χ1n) is 10.6. The summed E-state index contributed by atoms with van der Waals surface area (Å²) in [6.07, 6.45) is 3.92. The summed E-state index contributed by atoms with van der Waals surface area (Å²) in [7, 11) is 1.84. The molecule has 3 aromatic rings. The lowest BCUT2D eigenvalue weighted by molar-refractivity contribution is 0.0785. The molecule has 5 heteroatoms. The Labute approximate surface area is 178 Å². The van der Waals surface area contributed by atoms with Crippen LogP contribution in [0.5, 0.6) is 0 Å². The molecule has 1 fully saturated rings. The largest absolute Gasteiger partial charge is 0.356 e. The minimum Gasteiger partial charge on any atom is -0.356 e. The van der Waals surface area contributed by atoms with Crippen LogP contribution in [0.2, 0.25) is 0 Å². The van der Waals surface area contributed by atoms with E-state index in [1.54, 1.807) is 11.1 Å². The van der Waals surface area contributed by atoms with Crippen LogP contribution in [0.25, 0.3) is 11.4 Å². The van der Waals surface area contributed by atoms with Gasteiger partial charge in [0.2, 0.25) is 0 Å². The number of nitrogens with zero attached hydrogens (tertiary/aromatic N) is 4. The monoisotopic (exact) mass is 400 g/mol. The average molecular weight is 401 g/mol. The highest BCUT2D eigenvalue weighted by Gasteiger charge is 2.25. The minimum absolute atomic E-state index is 0.0490. The maximum atomic E-state index is 13.3. The Morgan fingerprint density at radius 1 is 1.03 bits per heavy atom. The Hall–Kier alpha value is -3.21. The Morgan fingerprint density at radius 3 is 2.33 bits per heavy atom. The predicted octanol–water partition coefficient (Wildman–Crippen LogP) is 4.65. The van der Waals surface area contributed by atoms with Crippen molar-refractivity contribution >= 4 is 11.7 Å². The number of piperidine rings is 1. The molecule has 30 heavy (non-hydrogen) atoms. The summed E-state index contributed by atoms with van der Waals surface area (Å²) < 4.78 is 0. The highest BCUT2D eigenvalue weighted by Crippen LogP contribution is 2.27. The SMILES string of the molecule is CC1CCN(c2nc(-c3ccccc3)ncc2C(=O)N(C)Cc2ccccc2)CC1. The van der Waals surface area contributed by atoms with Crippen molar-refractivity contribution in [2.75, 3.05) is 25.0 Å². The third-order valence-corrected chi connectivity index (χ3v) is 5.72. The van der Waals surface area contributed by atoms with Gasteiger partial charge in [-0.15, -0.1) is 0 Å². The number of carbonyl (C=O) groups excluding carboxylic acids is 1. The molecule has 0 unspecified atom stereocenters. The second-order valence-electron chi connectivity index (χ2n) is 8.11. The standard InChI is InChI=1S/C25H28N4O/c1-19-13-15-29(16-14-19)24-22(17-26-23(27-24)21-11-7-4-8-12-21)25(30)28(2)18-20-9-5-3-6-10-20/h3-12,17,19H,13-16,18H2,1-2H3. The van der Waals surface area contributed by atoms with Gasteiger partial charge in [-0.05, 0) is 24.3 Å². The van der Waals surface area contributed by atoms with Gasteiger partial charge >= 0.3 is 0 Å². The molecular weight excluding hydrogens is 372 g/mol. The molecule has 2 aromatic carbocycles. The molecule has 0 radical (unpaired) electrons. The highest BCUT2D eigenvalue weighted by atomic mass is 16.2. The molecule has 2 heterocycles. The number of hydrogen-bond donors (Lipinski definition) is 0. The summed E-state index contributed by atoms with van der Waals surface area (Å²) in [5.74, 6) is 2.07. The number of carbonyl (C=O) groups is 1. The van der Waals surface area contributed by atoms with Crippen LogP contribution in [0.1, 0.15) is 35.7 Å². The first-order chi connectivity index (χ1) is 14.6. The van der Waals surface area contributed by atoms with E-state index in [1.807, 2.05) is 67.7 Å². The molecular formula is C25H28N4O. The summed E-state index contributed by atoms with van der Waals surface area (Å²) in [5.41, 5.74) is 2.63. The number of rotatable bonds is 5. The topological polar surface area (TPSA) is 49.3 Å². The molecule has 1 aromatic heterocycles. The second-order valence-corrected chi connectivity index (χ2v) is 8.11. The van der Waals surface area contributed by atoms with Gasteiger partial charge in [-0.1, -0.05) is 67.6 Å². The van der Waals surface area contributed by atoms with Crippen LogP contribution in [0.3, 0.4) is 0 Å². The lowest BCUT2D eigenvalue weighted by Gasteiger charge is -2.32. The minimum atomic E-state index is -0.0490. The summed E-state index contributed by atoms with van der Waals surface area (Å²) in [4.78, 5) is 26.7. The van der Waals surface area contributed by atoms with E-state index in [2.05, 4.69) is 16.8 Å². The second kappa shape index (κ2) is 9.08. The van der Waals surface area contributed by atoms with Crippen LogP contribution in [-0.2, 0) is 6.54 Å². The molecule has 1 aliphatic heterocycles. The lowest BCUT2D eigenvalue weighted by atomic mass is 9.99. The molecule has 0 atom stereocenters. The molecule has 5 nitrogen and oxygen atoms in total. The molecule has 0 saturated carbocycles. The van der Waals surface area contributed by atoms with Crippen molar-refractivity contribution in [3.05, 3.63) is 78.0 Å². The van der Waals surface area contributed by atoms with E-state index in [4.69, 9.17) is 4.98 Å². The lowest BCUT2D eigenvalue weighted by Crippen LogP contribution is -2.36. The van der Waals surface area contributed by atoms with Crippen LogP contribution in [0.15, 0.2) is 66.9 Å². The highest BCUT2D eigenvalue weighted by molar-refractivity contribution is 5.98. The van der Waals surface area contributed by atoms with Gasteiger partial charge in [0.1, 0.15) is 11.4 Å². The first kappa shape index (κ1) is 20.1. The van der Waals surface area contributed by atoms with E-state index < -0.39 is 0 Å². The van der Waals surface area contributed by atoms with Crippen molar-refractivity contribution in [2.45, 2.75) is 26.3 Å². The fourth-order valence-corrected chi connectivity index (χ4v) is 3.85. The van der Waals surface area contributed by atoms with Crippen LogP contribution in [-0.4, -0.2) is 40.9 Å². The Balaban J connectivity index is 1.66. The maximum absolute atomic E-state index is 13.3. The zero-order chi connectivity index (χ0) is 20.9. The van der Waals surface area contributed by atoms with Gasteiger partial charge in [0.05, 0.1) is 0 Å². The van der Waals surface area contributed by atoms with Gasteiger partial charge in [-0.3, -0.25) is 4.79 Å². The van der Waals surface area contributed by atoms with Gasteiger partial charge in [0.25, 0.3) is 5.91 Å². The fraction of sp³-hybridized carbons (Fsp3) is 0.320. The Morgan fingerprint density at radius 2 is 1.67 bits per heavy atom. The van der Waals surface area contributed by atoms with E-state index in [1.165, 1.54) is 0 Å². The first-order valence-corrected chi connectivity index (χ1v) is 10.6. The maximum Gasteiger partial charge on any atom is 0.259 e. The van der Waals surface area contributed by atoms with Crippen LogP contribution in [0, 0.1) is 5.92 Å². The van der Waals surface area contributed by atoms with E-state index >= 15 is 0 Å². The van der Waals surface area contributed by atoms with Crippen molar-refractivity contribution in [3.8, 4) is 11.4 Å². The predicted molar refractivity (Wildman–Crippen MR) is 120 cm³/mol. The molecule has 4 rings (SSSR count). The van der Waals surface area contributed by atoms with Crippen molar-refractivity contribution < 1.29 is 4.79 Å². The smallest absolute Gasteiger partial charge is 0.259 e. The third-order valence-electron chi connectivity index (χ3n) is 5.72. The zero-order valence-electron chi connectivity index (χ0n) is 17.7. The molecule has 1 saturated heterocycles. The molecule has 0 N–H and O–H groups in total. The summed E-state index contributed by atoms with van der Waals surface area (Å²) in [6.45, 7) is 4.66. The molecule has 1 aliphatic rings. The summed E-state index contributed by atoms with van der Waals surface area (Å²) in [6, 6.07) is 20.0. The summed E-state index contributed by atoms with van der Waals surface area (Å²) in [5, 5.41) is 0. The van der Waals surface area contributed by atoms with Crippen molar-refractivity contribution in [1.82, 2.24) is 14.9 Å². The van der Waals surface area contributed by atoms with E-state index in [0.717, 1.165) is 42.9 Å². The van der Waals surface area contributed by atoms with Crippen molar-refractivity contribution in [1.29, 1.82) is 0 Å². The normalized spacial score (nSPS) is 14.5. The Kier molecular flexibility index (Phi) is 6.07. The number of benzene rings is 2. The molecule has 154 valence electrons. The summed E-state index contributed by atoms with van der Waals surface area (Å²) >= 11 is 0. The van der Waals surface area contributed by atoms with Gasteiger partial charge in [0.15, 0.2) is 5.82 Å². The van der Waals surface area contributed by atoms with E-state index in [9.17, 15) is 4.79 Å². The van der Waals surface area contributed by atoms with Crippen LogP contribution in [0.4, 0.5) is 5.82 Å². The number of anilines is 1. The van der Waals surface area contributed by atoms with Gasteiger partial charge < -0.3 is 9.80 Å². The number of amides is 1. The number of hydrogen-bond acceptors (Lipinski definition) is 4. The number of aromatic nitrogens is 2. The Bertz CT molecular complexity index is 983. The third kappa shape index (κ3) is 4.51. The average Bonchev–Trinajstić information content (AvgIpc) is 2.80. The zero-order valence-corrected chi connectivity index (χ0v) is 17.7. The fourth-order valence-electron chi connectivity index (χ4n) is 3.85. The molecule has 0 aliphatic carbocycles. The quantitative estimate of drug-likeness (QED) is 0.625. The van der Waals surface area contributed by atoms with Gasteiger partial charge in [-0.25, -0.2) is 9.97 Å². The van der Waals surface area contributed by atoms with E-state index in [-0.39, 0.29) is 5.91 Å². The van der Waals surface area contributed by atoms with Crippen molar-refractivity contribution in [3.63, 3.8) is 0 Å².